The number of hydrogen-bond donors (Lipinski definition) is 0. The summed E-state index contributed by atoms with van der Waals surface area (Å²) in [5, 5.41) is 0.679. The smallest absolute Gasteiger partial charge is 0.226 e. The molecule has 4 heteroatoms. The van der Waals surface area contributed by atoms with E-state index in [-0.39, 0.29) is 0 Å². The summed E-state index contributed by atoms with van der Waals surface area (Å²) < 4.78 is 5.91. The molecule has 0 saturated heterocycles. The van der Waals surface area contributed by atoms with Gasteiger partial charge < -0.3 is 4.42 Å². The molecule has 0 N–H and O–H groups in total. The second-order valence-corrected chi connectivity index (χ2v) is 5.72. The van der Waals surface area contributed by atoms with E-state index >= 15 is 0 Å². The number of rotatable bonds is 4. The molecule has 0 amide bonds. The lowest BCUT2D eigenvalue weighted by Crippen LogP contribution is -2.20. The van der Waals surface area contributed by atoms with Crippen molar-refractivity contribution in [1.29, 1.82) is 0 Å². The van der Waals surface area contributed by atoms with Crippen LogP contribution in [0.15, 0.2) is 59.1 Å². The van der Waals surface area contributed by atoms with E-state index in [0.29, 0.717) is 16.8 Å². The first-order valence-electron chi connectivity index (χ1n) is 7.27. The van der Waals surface area contributed by atoms with E-state index in [9.17, 15) is 0 Å². The van der Waals surface area contributed by atoms with Crippen molar-refractivity contribution in [3.05, 3.63) is 66.2 Å². The van der Waals surface area contributed by atoms with Crippen LogP contribution in [0, 0.1) is 5.92 Å². The van der Waals surface area contributed by atoms with Crippen LogP contribution in [-0.2, 0) is 12.8 Å². The third-order valence-electron chi connectivity index (χ3n) is 3.88. The fourth-order valence-electron chi connectivity index (χ4n) is 2.81. The number of halogens is 1. The predicted molar refractivity (Wildman–Crippen MR) is 90.3 cm³/mol. The molecule has 1 aliphatic carbocycles. The number of benzene rings is 1. The van der Waals surface area contributed by atoms with E-state index in [4.69, 9.17) is 16.0 Å². The summed E-state index contributed by atoms with van der Waals surface area (Å²) in [5.41, 5.74) is 2.87. The van der Waals surface area contributed by atoms with Crippen molar-refractivity contribution in [3.63, 3.8) is 0 Å². The molecule has 0 fully saturated rings. The van der Waals surface area contributed by atoms with Crippen LogP contribution in [0.4, 0.5) is 0 Å². The Bertz CT molecular complexity index is 745. The summed E-state index contributed by atoms with van der Waals surface area (Å²) in [6.07, 6.45) is 6.02. The van der Waals surface area contributed by atoms with Crippen molar-refractivity contribution in [2.24, 2.45) is 10.9 Å². The number of hydrogen-bond acceptors (Lipinski definition) is 3. The Morgan fingerprint density at radius 3 is 3.00 bits per heavy atom. The van der Waals surface area contributed by atoms with E-state index in [0.717, 1.165) is 42.0 Å². The molecular weight excluding hydrogens is 296 g/mol. The molecule has 112 valence electrons. The zero-order valence-electron chi connectivity index (χ0n) is 12.3. The molecule has 1 aromatic heterocycles. The number of fused-ring (bicyclic) bond motifs is 1. The topological polar surface area (TPSA) is 38.4 Å². The normalized spacial score (nSPS) is 17.9. The van der Waals surface area contributed by atoms with Crippen LogP contribution in [0.5, 0.6) is 0 Å². The lowest BCUT2D eigenvalue weighted by molar-refractivity contribution is 0.464. The molecule has 0 aliphatic heterocycles. The van der Waals surface area contributed by atoms with Gasteiger partial charge in [0.15, 0.2) is 0 Å². The summed E-state index contributed by atoms with van der Waals surface area (Å²) in [4.78, 5) is 8.95. The maximum absolute atomic E-state index is 6.03. The monoisotopic (exact) mass is 312 g/mol. The Labute approximate surface area is 135 Å². The molecule has 1 aromatic carbocycles. The minimum atomic E-state index is 0.320. The molecule has 3 nitrogen and oxygen atoms in total. The highest BCUT2D eigenvalue weighted by atomic mass is 35.5. The average Bonchev–Trinajstić information content (AvgIpc) is 2.95. The van der Waals surface area contributed by atoms with Crippen molar-refractivity contribution in [1.82, 2.24) is 4.98 Å². The van der Waals surface area contributed by atoms with Crippen LogP contribution < -0.4 is 0 Å². The van der Waals surface area contributed by atoms with Crippen molar-refractivity contribution < 1.29 is 4.42 Å². The standard InChI is InChI=1S/C18H17ClN2O/c1-3-15(20-4-2)12-8-9-17-16(11-12)21-18(22-17)13-6-5-7-14(19)10-13/h3-7,10,12H,1-2,8-9,11H2. The van der Waals surface area contributed by atoms with Crippen LogP contribution in [0.25, 0.3) is 11.5 Å². The third-order valence-corrected chi connectivity index (χ3v) is 4.11. The van der Waals surface area contributed by atoms with Gasteiger partial charge in [-0.25, -0.2) is 4.98 Å². The Morgan fingerprint density at radius 1 is 1.41 bits per heavy atom. The number of allylic oxidation sites excluding steroid dienone is 1. The first kappa shape index (κ1) is 14.8. The van der Waals surface area contributed by atoms with E-state index in [2.05, 4.69) is 23.1 Å². The molecule has 1 unspecified atom stereocenters. The first-order valence-corrected chi connectivity index (χ1v) is 7.64. The zero-order chi connectivity index (χ0) is 15.5. The summed E-state index contributed by atoms with van der Waals surface area (Å²) >= 11 is 6.03. The fourth-order valence-corrected chi connectivity index (χ4v) is 3.00. The van der Waals surface area contributed by atoms with Crippen LogP contribution in [0.3, 0.4) is 0 Å². The molecule has 2 aromatic rings. The highest BCUT2D eigenvalue weighted by Gasteiger charge is 2.26. The molecule has 0 spiro atoms. The van der Waals surface area contributed by atoms with Crippen LogP contribution in [0.1, 0.15) is 17.9 Å². The van der Waals surface area contributed by atoms with Crippen molar-refractivity contribution in [3.8, 4) is 11.5 Å². The minimum Gasteiger partial charge on any atom is -0.441 e. The minimum absolute atomic E-state index is 0.320. The molecule has 1 atom stereocenters. The van der Waals surface area contributed by atoms with Crippen LogP contribution in [0.2, 0.25) is 5.02 Å². The number of oxazole rings is 1. The van der Waals surface area contributed by atoms with Gasteiger partial charge in [-0.15, -0.1) is 0 Å². The molecule has 0 saturated carbocycles. The molecule has 0 radical (unpaired) electrons. The maximum atomic E-state index is 6.03. The van der Waals surface area contributed by atoms with Gasteiger partial charge in [0.2, 0.25) is 5.89 Å². The van der Waals surface area contributed by atoms with Gasteiger partial charge >= 0.3 is 0 Å². The van der Waals surface area contributed by atoms with Gasteiger partial charge in [-0.3, -0.25) is 4.99 Å². The highest BCUT2D eigenvalue weighted by molar-refractivity contribution is 6.30. The van der Waals surface area contributed by atoms with E-state index in [1.54, 1.807) is 12.3 Å². The highest BCUT2D eigenvalue weighted by Crippen LogP contribution is 2.31. The lowest BCUT2D eigenvalue weighted by Gasteiger charge is -2.19. The van der Waals surface area contributed by atoms with E-state index in [1.807, 2.05) is 24.3 Å². The SMILES string of the molecule is C=CN=C(C=C)C1CCc2oc(-c3cccc(Cl)c3)nc2C1. The van der Waals surface area contributed by atoms with E-state index in [1.165, 1.54) is 0 Å². The Morgan fingerprint density at radius 2 is 2.27 bits per heavy atom. The van der Waals surface area contributed by atoms with Gasteiger partial charge in [0, 0.05) is 41.3 Å². The number of aromatic nitrogens is 1. The largest absolute Gasteiger partial charge is 0.441 e. The Balaban J connectivity index is 1.88. The van der Waals surface area contributed by atoms with Gasteiger partial charge in [0.25, 0.3) is 0 Å². The van der Waals surface area contributed by atoms with Gasteiger partial charge in [0.05, 0.1) is 5.69 Å². The Hall–Kier alpha value is -2.13. The van der Waals surface area contributed by atoms with Crippen LogP contribution in [-0.4, -0.2) is 10.7 Å². The van der Waals surface area contributed by atoms with E-state index < -0.39 is 0 Å². The number of aliphatic imine (C=N–C) groups is 1. The molecule has 3 rings (SSSR count). The second kappa shape index (κ2) is 6.32. The first-order chi connectivity index (χ1) is 10.7. The van der Waals surface area contributed by atoms with Gasteiger partial charge in [0.1, 0.15) is 5.76 Å². The summed E-state index contributed by atoms with van der Waals surface area (Å²) in [6, 6.07) is 7.56. The average molecular weight is 313 g/mol. The molecule has 1 aliphatic rings. The van der Waals surface area contributed by atoms with Gasteiger partial charge in [-0.05, 0) is 30.7 Å². The molecule has 1 heterocycles. The summed E-state index contributed by atoms with van der Waals surface area (Å²) in [6.45, 7) is 7.49. The Kier molecular flexibility index (Phi) is 4.25. The summed E-state index contributed by atoms with van der Waals surface area (Å²) in [7, 11) is 0. The van der Waals surface area contributed by atoms with Crippen molar-refractivity contribution in [2.45, 2.75) is 19.3 Å². The predicted octanol–water partition coefficient (Wildman–Crippen LogP) is 4.87. The maximum Gasteiger partial charge on any atom is 0.226 e. The zero-order valence-corrected chi connectivity index (χ0v) is 13.0. The van der Waals surface area contributed by atoms with Crippen molar-refractivity contribution >= 4 is 17.3 Å². The number of nitrogens with zero attached hydrogens (tertiary/aromatic N) is 2. The van der Waals surface area contributed by atoms with Crippen molar-refractivity contribution in [2.75, 3.05) is 0 Å². The molecule has 0 bridgehead atoms. The van der Waals surface area contributed by atoms with Gasteiger partial charge in [-0.1, -0.05) is 30.8 Å². The fraction of sp³-hybridized carbons (Fsp3) is 0.222. The molecular formula is C18H17ClN2O. The lowest BCUT2D eigenvalue weighted by atomic mass is 9.86. The third kappa shape index (κ3) is 2.90. The molecule has 22 heavy (non-hydrogen) atoms. The van der Waals surface area contributed by atoms with Crippen LogP contribution >= 0.6 is 11.6 Å². The second-order valence-electron chi connectivity index (χ2n) is 5.28. The summed E-state index contributed by atoms with van der Waals surface area (Å²) in [5.74, 6) is 1.92. The number of aryl methyl sites for hydroxylation is 1. The quantitative estimate of drug-likeness (QED) is 0.755. The van der Waals surface area contributed by atoms with Gasteiger partial charge in [-0.2, -0.15) is 0 Å².